The largest absolute Gasteiger partial charge is 0.492 e. The fourth-order valence-electron chi connectivity index (χ4n) is 1.65. The summed E-state index contributed by atoms with van der Waals surface area (Å²) in [6.45, 7) is 10.8. The van der Waals surface area contributed by atoms with Crippen LogP contribution in [0.25, 0.3) is 0 Å². The van der Waals surface area contributed by atoms with Crippen LogP contribution >= 0.6 is 0 Å². The lowest BCUT2D eigenvalue weighted by Gasteiger charge is -2.21. The van der Waals surface area contributed by atoms with Crippen molar-refractivity contribution in [2.45, 2.75) is 33.3 Å². The van der Waals surface area contributed by atoms with E-state index < -0.39 is 0 Å². The third-order valence-corrected chi connectivity index (χ3v) is 3.20. The van der Waals surface area contributed by atoms with Gasteiger partial charge in [0.25, 0.3) is 0 Å². The number of ether oxygens (including phenoxy) is 2. The van der Waals surface area contributed by atoms with Gasteiger partial charge in [0.2, 0.25) is 0 Å². The Labute approximate surface area is 134 Å². The fraction of sp³-hybridized carbons (Fsp3) is 0.588. The molecule has 0 heterocycles. The van der Waals surface area contributed by atoms with Gasteiger partial charge in [-0.05, 0) is 39.8 Å². The minimum absolute atomic E-state index is 0.263. The van der Waals surface area contributed by atoms with E-state index in [1.807, 2.05) is 45.0 Å². The molecule has 0 aliphatic rings. The van der Waals surface area contributed by atoms with Crippen molar-refractivity contribution >= 4 is 5.96 Å². The van der Waals surface area contributed by atoms with Crippen molar-refractivity contribution in [1.82, 2.24) is 10.6 Å². The summed E-state index contributed by atoms with van der Waals surface area (Å²) in [7, 11) is 1.70. The van der Waals surface area contributed by atoms with Gasteiger partial charge in [-0.1, -0.05) is 17.7 Å². The first-order valence-corrected chi connectivity index (χ1v) is 7.73. The summed E-state index contributed by atoms with van der Waals surface area (Å²) in [6, 6.07) is 8.05. The second-order valence-corrected chi connectivity index (χ2v) is 5.75. The minimum atomic E-state index is -0.263. The van der Waals surface area contributed by atoms with Gasteiger partial charge < -0.3 is 20.1 Å². The van der Waals surface area contributed by atoms with Crippen LogP contribution in [0.15, 0.2) is 29.3 Å². The molecule has 2 N–H and O–H groups in total. The molecule has 1 rings (SSSR count). The summed E-state index contributed by atoms with van der Waals surface area (Å²) < 4.78 is 11.1. The van der Waals surface area contributed by atoms with E-state index in [9.17, 15) is 0 Å². The summed E-state index contributed by atoms with van der Waals surface area (Å²) in [6.07, 6.45) is 0. The Kier molecular flexibility index (Phi) is 7.74. The molecule has 5 nitrogen and oxygen atoms in total. The van der Waals surface area contributed by atoms with Crippen molar-refractivity contribution in [3.05, 3.63) is 29.8 Å². The number of nitrogens with one attached hydrogen (secondary N) is 2. The second-order valence-electron chi connectivity index (χ2n) is 5.75. The van der Waals surface area contributed by atoms with Crippen molar-refractivity contribution in [2.75, 3.05) is 33.4 Å². The molecule has 0 aliphatic carbocycles. The first-order valence-electron chi connectivity index (χ1n) is 7.73. The van der Waals surface area contributed by atoms with Crippen LogP contribution in [-0.2, 0) is 4.74 Å². The van der Waals surface area contributed by atoms with Crippen LogP contribution in [0.2, 0.25) is 0 Å². The number of rotatable bonds is 8. The highest BCUT2D eigenvalue weighted by atomic mass is 16.5. The van der Waals surface area contributed by atoms with Crippen molar-refractivity contribution in [2.24, 2.45) is 4.99 Å². The Hall–Kier alpha value is -1.75. The van der Waals surface area contributed by atoms with E-state index in [2.05, 4.69) is 22.5 Å². The van der Waals surface area contributed by atoms with E-state index in [0.29, 0.717) is 19.7 Å². The zero-order valence-electron chi connectivity index (χ0n) is 14.4. The lowest BCUT2D eigenvalue weighted by molar-refractivity contribution is 0.0310. The van der Waals surface area contributed by atoms with Crippen molar-refractivity contribution in [1.29, 1.82) is 0 Å². The third-order valence-electron chi connectivity index (χ3n) is 3.20. The fourth-order valence-corrected chi connectivity index (χ4v) is 1.65. The molecule has 0 amide bonds. The van der Waals surface area contributed by atoms with Crippen LogP contribution in [-0.4, -0.2) is 44.9 Å². The number of nitrogens with zero attached hydrogens (tertiary/aromatic N) is 1. The van der Waals surface area contributed by atoms with Crippen LogP contribution in [0.5, 0.6) is 5.75 Å². The number of guanidine groups is 1. The molecule has 0 aliphatic heterocycles. The van der Waals surface area contributed by atoms with Gasteiger partial charge in [-0.15, -0.1) is 0 Å². The van der Waals surface area contributed by atoms with E-state index in [1.54, 1.807) is 7.11 Å². The van der Waals surface area contributed by atoms with Crippen molar-refractivity contribution < 1.29 is 9.47 Å². The predicted octanol–water partition coefficient (Wildman–Crippen LogP) is 2.35. The molecule has 0 fully saturated rings. The second kappa shape index (κ2) is 9.30. The lowest BCUT2D eigenvalue weighted by atomic mass is 10.1. The molecule has 0 spiro atoms. The summed E-state index contributed by atoms with van der Waals surface area (Å²) in [5.41, 5.74) is 0.966. The molecular formula is C17H29N3O2. The molecule has 22 heavy (non-hydrogen) atoms. The van der Waals surface area contributed by atoms with Crippen LogP contribution in [0, 0.1) is 6.92 Å². The van der Waals surface area contributed by atoms with Crippen LogP contribution in [0.4, 0.5) is 0 Å². The lowest BCUT2D eigenvalue weighted by Crippen LogP contribution is -2.40. The SMILES string of the molecule is CCNC(=NCC(C)(C)OC)NCCOc1ccc(C)cc1. The monoisotopic (exact) mass is 307 g/mol. The molecule has 0 saturated carbocycles. The molecule has 1 aromatic carbocycles. The van der Waals surface area contributed by atoms with Crippen molar-refractivity contribution in [3.8, 4) is 5.75 Å². The molecule has 0 atom stereocenters. The van der Waals surface area contributed by atoms with Crippen LogP contribution < -0.4 is 15.4 Å². The molecule has 0 bridgehead atoms. The highest BCUT2D eigenvalue weighted by Gasteiger charge is 2.15. The van der Waals surface area contributed by atoms with Gasteiger partial charge in [-0.3, -0.25) is 4.99 Å². The standard InChI is InChI=1S/C17H29N3O2/c1-6-18-16(20-13-17(3,4)21-5)19-11-12-22-15-9-7-14(2)8-10-15/h7-10H,6,11-13H2,1-5H3,(H2,18,19,20). The highest BCUT2D eigenvalue weighted by Crippen LogP contribution is 2.10. The summed E-state index contributed by atoms with van der Waals surface area (Å²) >= 11 is 0. The quantitative estimate of drug-likeness (QED) is 0.440. The normalized spacial score (nSPS) is 12.1. The zero-order chi connectivity index (χ0) is 16.4. The van der Waals surface area contributed by atoms with E-state index >= 15 is 0 Å². The molecule has 0 unspecified atom stereocenters. The summed E-state index contributed by atoms with van der Waals surface area (Å²) in [5, 5.41) is 6.47. The smallest absolute Gasteiger partial charge is 0.191 e. The Morgan fingerprint density at radius 3 is 2.45 bits per heavy atom. The van der Waals surface area contributed by atoms with Gasteiger partial charge in [0.05, 0.1) is 18.7 Å². The van der Waals surface area contributed by atoms with Gasteiger partial charge in [0.1, 0.15) is 12.4 Å². The minimum Gasteiger partial charge on any atom is -0.492 e. The van der Waals surface area contributed by atoms with Gasteiger partial charge in [0.15, 0.2) is 5.96 Å². The molecule has 0 saturated heterocycles. The average Bonchev–Trinajstić information content (AvgIpc) is 2.51. The van der Waals surface area contributed by atoms with E-state index in [-0.39, 0.29) is 5.60 Å². The number of aryl methyl sites for hydroxylation is 1. The highest BCUT2D eigenvalue weighted by molar-refractivity contribution is 5.79. The van der Waals surface area contributed by atoms with Gasteiger partial charge >= 0.3 is 0 Å². The van der Waals surface area contributed by atoms with Gasteiger partial charge in [-0.25, -0.2) is 0 Å². The molecule has 0 radical (unpaired) electrons. The first-order chi connectivity index (χ1) is 10.5. The van der Waals surface area contributed by atoms with Gasteiger partial charge in [0, 0.05) is 13.7 Å². The number of hydrogen-bond donors (Lipinski definition) is 2. The van der Waals surface area contributed by atoms with Crippen molar-refractivity contribution in [3.63, 3.8) is 0 Å². The van der Waals surface area contributed by atoms with Crippen LogP contribution in [0.3, 0.4) is 0 Å². The zero-order valence-corrected chi connectivity index (χ0v) is 14.4. The van der Waals surface area contributed by atoms with Gasteiger partial charge in [-0.2, -0.15) is 0 Å². The molecule has 5 heteroatoms. The van der Waals surface area contributed by atoms with E-state index in [4.69, 9.17) is 9.47 Å². The Bertz CT molecular complexity index is 455. The van der Waals surface area contributed by atoms with Crippen LogP contribution in [0.1, 0.15) is 26.3 Å². The summed E-state index contributed by atoms with van der Waals surface area (Å²) in [5.74, 6) is 1.66. The third kappa shape index (κ3) is 7.31. The number of aliphatic imine (C=N–C) groups is 1. The summed E-state index contributed by atoms with van der Waals surface area (Å²) in [4.78, 5) is 4.53. The molecule has 124 valence electrons. The maximum absolute atomic E-state index is 5.69. The molecule has 0 aromatic heterocycles. The average molecular weight is 307 g/mol. The maximum atomic E-state index is 5.69. The van der Waals surface area contributed by atoms with E-state index in [0.717, 1.165) is 18.3 Å². The molecule has 1 aromatic rings. The van der Waals surface area contributed by atoms with E-state index in [1.165, 1.54) is 5.56 Å². The number of benzene rings is 1. The Morgan fingerprint density at radius 1 is 1.18 bits per heavy atom. The number of methoxy groups -OCH3 is 1. The predicted molar refractivity (Wildman–Crippen MR) is 91.7 cm³/mol. The molecular weight excluding hydrogens is 278 g/mol. The maximum Gasteiger partial charge on any atom is 0.191 e. The Balaban J connectivity index is 2.37. The Morgan fingerprint density at radius 2 is 1.86 bits per heavy atom. The number of hydrogen-bond acceptors (Lipinski definition) is 3. The first kappa shape index (κ1) is 18.3. The topological polar surface area (TPSA) is 54.9 Å².